The van der Waals surface area contributed by atoms with Gasteiger partial charge in [0.2, 0.25) is 0 Å². The minimum Gasteiger partial charge on any atom is -0.451 e. The Hall–Kier alpha value is -3.39. The summed E-state index contributed by atoms with van der Waals surface area (Å²) in [6.45, 7) is 0. The number of carbonyl (C=O) groups excluding carboxylic acids is 1. The van der Waals surface area contributed by atoms with Crippen molar-refractivity contribution in [1.29, 1.82) is 5.26 Å². The number of fused-ring (bicyclic) bond motifs is 1. The second-order valence-corrected chi connectivity index (χ2v) is 4.62. The molecule has 0 spiro atoms. The Bertz CT molecular complexity index is 967. The van der Waals surface area contributed by atoms with Gasteiger partial charge < -0.3 is 9.73 Å². The van der Waals surface area contributed by atoms with Crippen LogP contribution in [0.3, 0.4) is 0 Å². The standard InChI is InChI=1S/C17H10N2O3/c18-10-11-4-3-5-12(8-11)19-17(21)16-9-14(20)13-6-1-2-7-15(13)22-16/h1-9H,(H,19,21). The van der Waals surface area contributed by atoms with Gasteiger partial charge >= 0.3 is 0 Å². The lowest BCUT2D eigenvalue weighted by molar-refractivity contribution is 0.0997. The van der Waals surface area contributed by atoms with Crippen molar-refractivity contribution in [2.45, 2.75) is 0 Å². The molecule has 3 aromatic rings. The molecule has 0 aliphatic carbocycles. The van der Waals surface area contributed by atoms with Gasteiger partial charge in [0.15, 0.2) is 11.2 Å². The van der Waals surface area contributed by atoms with Gasteiger partial charge in [-0.2, -0.15) is 5.26 Å². The lowest BCUT2D eigenvalue weighted by atomic mass is 10.2. The maximum atomic E-state index is 12.2. The molecule has 5 heteroatoms. The Morgan fingerprint density at radius 1 is 1.09 bits per heavy atom. The molecule has 0 saturated heterocycles. The predicted octanol–water partition coefficient (Wildman–Crippen LogP) is 2.92. The van der Waals surface area contributed by atoms with Gasteiger partial charge in [0.1, 0.15) is 5.58 Å². The third-order valence-corrected chi connectivity index (χ3v) is 3.11. The second kappa shape index (κ2) is 5.54. The van der Waals surface area contributed by atoms with E-state index in [4.69, 9.17) is 9.68 Å². The zero-order valence-electron chi connectivity index (χ0n) is 11.4. The summed E-state index contributed by atoms with van der Waals surface area (Å²) < 4.78 is 5.46. The molecule has 0 saturated carbocycles. The molecule has 0 aliphatic rings. The highest BCUT2D eigenvalue weighted by atomic mass is 16.3. The first kappa shape index (κ1) is 13.6. The number of hydrogen-bond donors (Lipinski definition) is 1. The van der Waals surface area contributed by atoms with Crippen LogP contribution in [-0.4, -0.2) is 5.91 Å². The van der Waals surface area contributed by atoms with E-state index in [0.29, 0.717) is 22.2 Å². The molecule has 0 aliphatic heterocycles. The molecule has 5 nitrogen and oxygen atoms in total. The molecule has 0 atom stereocenters. The van der Waals surface area contributed by atoms with E-state index in [1.54, 1.807) is 42.5 Å². The van der Waals surface area contributed by atoms with E-state index in [9.17, 15) is 9.59 Å². The van der Waals surface area contributed by atoms with Crippen LogP contribution in [0, 0.1) is 11.3 Å². The highest BCUT2D eigenvalue weighted by molar-refractivity contribution is 6.03. The van der Waals surface area contributed by atoms with Crippen molar-refractivity contribution in [1.82, 2.24) is 0 Å². The summed E-state index contributed by atoms with van der Waals surface area (Å²) in [5.41, 5.74) is 0.960. The Balaban J connectivity index is 1.95. The van der Waals surface area contributed by atoms with E-state index in [-0.39, 0.29) is 11.2 Å². The van der Waals surface area contributed by atoms with Crippen molar-refractivity contribution in [3.63, 3.8) is 0 Å². The number of carbonyl (C=O) groups is 1. The summed E-state index contributed by atoms with van der Waals surface area (Å²) >= 11 is 0. The zero-order chi connectivity index (χ0) is 15.5. The summed E-state index contributed by atoms with van der Waals surface area (Å²) in [6, 6.07) is 16.3. The van der Waals surface area contributed by atoms with Crippen molar-refractivity contribution in [3.8, 4) is 6.07 Å². The van der Waals surface area contributed by atoms with Gasteiger partial charge in [0.25, 0.3) is 5.91 Å². The first-order valence-corrected chi connectivity index (χ1v) is 6.52. The smallest absolute Gasteiger partial charge is 0.291 e. The van der Waals surface area contributed by atoms with Crippen LogP contribution in [0.4, 0.5) is 5.69 Å². The van der Waals surface area contributed by atoms with Crippen LogP contribution in [0.5, 0.6) is 0 Å². The molecular formula is C17H10N2O3. The van der Waals surface area contributed by atoms with Crippen LogP contribution in [-0.2, 0) is 0 Å². The van der Waals surface area contributed by atoms with Crippen LogP contribution in [0.15, 0.2) is 63.8 Å². The van der Waals surface area contributed by atoms with Crippen LogP contribution < -0.4 is 10.7 Å². The maximum absolute atomic E-state index is 12.2. The number of nitrogens with zero attached hydrogens (tertiary/aromatic N) is 1. The van der Waals surface area contributed by atoms with Gasteiger partial charge in [-0.15, -0.1) is 0 Å². The number of para-hydroxylation sites is 1. The molecule has 0 radical (unpaired) electrons. The third kappa shape index (κ3) is 2.58. The van der Waals surface area contributed by atoms with Crippen molar-refractivity contribution in [2.24, 2.45) is 0 Å². The number of hydrogen-bond acceptors (Lipinski definition) is 4. The third-order valence-electron chi connectivity index (χ3n) is 3.11. The van der Waals surface area contributed by atoms with E-state index in [1.165, 1.54) is 6.07 Å². The summed E-state index contributed by atoms with van der Waals surface area (Å²) in [6.07, 6.45) is 0. The van der Waals surface area contributed by atoms with Gasteiger partial charge in [-0.05, 0) is 30.3 Å². The molecule has 106 valence electrons. The summed E-state index contributed by atoms with van der Waals surface area (Å²) in [5, 5.41) is 11.9. The summed E-state index contributed by atoms with van der Waals surface area (Å²) in [5.74, 6) is -0.621. The average Bonchev–Trinajstić information content (AvgIpc) is 2.55. The lowest BCUT2D eigenvalue weighted by Crippen LogP contribution is -2.15. The highest BCUT2D eigenvalue weighted by Gasteiger charge is 2.12. The van der Waals surface area contributed by atoms with Gasteiger partial charge in [0.05, 0.1) is 17.0 Å². The molecule has 3 rings (SSSR count). The van der Waals surface area contributed by atoms with Crippen LogP contribution >= 0.6 is 0 Å². The summed E-state index contributed by atoms with van der Waals surface area (Å²) in [7, 11) is 0. The van der Waals surface area contributed by atoms with Crippen LogP contribution in [0.2, 0.25) is 0 Å². The normalized spacial score (nSPS) is 10.1. The van der Waals surface area contributed by atoms with Crippen molar-refractivity contribution < 1.29 is 9.21 Å². The van der Waals surface area contributed by atoms with Crippen molar-refractivity contribution in [2.75, 3.05) is 5.32 Å². The Morgan fingerprint density at radius 3 is 2.73 bits per heavy atom. The van der Waals surface area contributed by atoms with Gasteiger partial charge in [0, 0.05) is 11.8 Å². The zero-order valence-corrected chi connectivity index (χ0v) is 11.4. The van der Waals surface area contributed by atoms with Gasteiger partial charge in [-0.1, -0.05) is 18.2 Å². The molecule has 0 unspecified atom stereocenters. The Morgan fingerprint density at radius 2 is 1.91 bits per heavy atom. The van der Waals surface area contributed by atoms with Crippen LogP contribution in [0.1, 0.15) is 16.1 Å². The van der Waals surface area contributed by atoms with E-state index in [2.05, 4.69) is 5.32 Å². The van der Waals surface area contributed by atoms with Crippen LogP contribution in [0.25, 0.3) is 11.0 Å². The van der Waals surface area contributed by atoms with E-state index in [0.717, 1.165) is 6.07 Å². The SMILES string of the molecule is N#Cc1cccc(NC(=O)c2cc(=O)c3ccccc3o2)c1. The maximum Gasteiger partial charge on any atom is 0.291 e. The molecule has 1 amide bonds. The first-order chi connectivity index (χ1) is 10.7. The first-order valence-electron chi connectivity index (χ1n) is 6.52. The molecule has 0 fully saturated rings. The Labute approximate surface area is 125 Å². The average molecular weight is 290 g/mol. The number of anilines is 1. The minimum atomic E-state index is -0.544. The van der Waals surface area contributed by atoms with Crippen molar-refractivity contribution >= 4 is 22.6 Å². The minimum absolute atomic E-state index is 0.0777. The quantitative estimate of drug-likeness (QED) is 0.786. The number of nitrogens with one attached hydrogen (secondary N) is 1. The largest absolute Gasteiger partial charge is 0.451 e. The molecule has 1 heterocycles. The lowest BCUT2D eigenvalue weighted by Gasteiger charge is -2.05. The van der Waals surface area contributed by atoms with E-state index >= 15 is 0 Å². The summed E-state index contributed by atoms with van der Waals surface area (Å²) in [4.78, 5) is 24.2. The Kier molecular flexibility index (Phi) is 3.42. The van der Waals surface area contributed by atoms with E-state index < -0.39 is 5.91 Å². The monoisotopic (exact) mass is 290 g/mol. The number of amides is 1. The van der Waals surface area contributed by atoms with Crippen molar-refractivity contribution in [3.05, 3.63) is 76.1 Å². The highest BCUT2D eigenvalue weighted by Crippen LogP contribution is 2.14. The van der Waals surface area contributed by atoms with Gasteiger partial charge in [-0.25, -0.2) is 0 Å². The molecule has 1 aromatic heterocycles. The predicted molar refractivity (Wildman–Crippen MR) is 81.6 cm³/mol. The fraction of sp³-hybridized carbons (Fsp3) is 0. The van der Waals surface area contributed by atoms with Gasteiger partial charge in [-0.3, -0.25) is 9.59 Å². The number of nitriles is 1. The molecule has 0 bridgehead atoms. The fourth-order valence-electron chi connectivity index (χ4n) is 2.08. The topological polar surface area (TPSA) is 83.1 Å². The number of benzene rings is 2. The molecule has 2 aromatic carbocycles. The van der Waals surface area contributed by atoms with E-state index in [1.807, 2.05) is 6.07 Å². The number of rotatable bonds is 2. The molecule has 1 N–H and O–H groups in total. The molecular weight excluding hydrogens is 280 g/mol. The molecule has 22 heavy (non-hydrogen) atoms. The fourth-order valence-corrected chi connectivity index (χ4v) is 2.08. The second-order valence-electron chi connectivity index (χ2n) is 4.62.